The molecule has 0 fully saturated rings. The molecule has 1 unspecified atom stereocenters. The molecular formula is C22H20ClN5O5. The third-order valence-electron chi connectivity index (χ3n) is 5.01. The van der Waals surface area contributed by atoms with E-state index in [1.54, 1.807) is 60.8 Å². The Bertz CT molecular complexity index is 1270. The molecular weight excluding hydrogens is 450 g/mol. The summed E-state index contributed by atoms with van der Waals surface area (Å²) in [6.07, 6.45) is 1.56. The number of nitrogens with zero attached hydrogens (tertiary/aromatic N) is 3. The number of pyridine rings is 1. The number of carbonyl (C=O) groups excluding carboxylic acids is 3. The van der Waals surface area contributed by atoms with Crippen LogP contribution in [-0.2, 0) is 14.3 Å². The quantitative estimate of drug-likeness (QED) is 0.532. The van der Waals surface area contributed by atoms with E-state index in [1.165, 1.54) is 0 Å². The van der Waals surface area contributed by atoms with Gasteiger partial charge < -0.3 is 20.1 Å². The summed E-state index contributed by atoms with van der Waals surface area (Å²) in [4.78, 5) is 37.8. The van der Waals surface area contributed by atoms with Crippen LogP contribution in [0.3, 0.4) is 0 Å². The van der Waals surface area contributed by atoms with Crippen molar-refractivity contribution >= 4 is 35.2 Å². The predicted molar refractivity (Wildman–Crippen MR) is 118 cm³/mol. The zero-order chi connectivity index (χ0) is 23.5. The van der Waals surface area contributed by atoms with Gasteiger partial charge in [-0.15, -0.1) is 10.2 Å². The van der Waals surface area contributed by atoms with Gasteiger partial charge in [0.2, 0.25) is 0 Å². The number of carbonyl (C=O) groups is 3. The lowest BCUT2D eigenvalue weighted by atomic mass is 9.95. The van der Waals surface area contributed by atoms with Crippen molar-refractivity contribution in [2.75, 3.05) is 13.2 Å². The first-order chi connectivity index (χ1) is 15.9. The van der Waals surface area contributed by atoms with Crippen LogP contribution in [0.4, 0.5) is 4.79 Å². The van der Waals surface area contributed by atoms with Gasteiger partial charge in [0.1, 0.15) is 12.4 Å². The van der Waals surface area contributed by atoms with Gasteiger partial charge in [0, 0.05) is 11.2 Å². The second kappa shape index (κ2) is 9.29. The maximum atomic E-state index is 12.8. The molecule has 10 nitrogen and oxygen atoms in total. The van der Waals surface area contributed by atoms with Gasteiger partial charge in [-0.1, -0.05) is 23.7 Å². The number of aromatic nitrogens is 3. The molecule has 0 aliphatic carbocycles. The maximum absolute atomic E-state index is 12.8. The SMILES string of the molecule is CCOC(=O)C1=C(COC(=O)c2ccc3nnc(C)n3c2)NC(=O)NC1c1ccc(Cl)cc1. The van der Waals surface area contributed by atoms with Gasteiger partial charge >= 0.3 is 18.0 Å². The van der Waals surface area contributed by atoms with Crippen molar-refractivity contribution in [2.45, 2.75) is 19.9 Å². The number of aryl methyl sites for hydroxylation is 1. The zero-order valence-electron chi connectivity index (χ0n) is 17.8. The molecule has 2 N–H and O–H groups in total. The predicted octanol–water partition coefficient (Wildman–Crippen LogP) is 2.72. The van der Waals surface area contributed by atoms with Crippen LogP contribution in [0.1, 0.15) is 34.7 Å². The summed E-state index contributed by atoms with van der Waals surface area (Å²) in [7, 11) is 0. The Morgan fingerprint density at radius 1 is 1.09 bits per heavy atom. The van der Waals surface area contributed by atoms with Gasteiger partial charge in [-0.2, -0.15) is 0 Å². The van der Waals surface area contributed by atoms with Crippen LogP contribution in [0.25, 0.3) is 5.65 Å². The van der Waals surface area contributed by atoms with Gasteiger partial charge in [-0.3, -0.25) is 4.40 Å². The molecule has 1 aliphatic heterocycles. The summed E-state index contributed by atoms with van der Waals surface area (Å²) < 4.78 is 12.3. The van der Waals surface area contributed by atoms with E-state index in [2.05, 4.69) is 20.8 Å². The number of nitrogens with one attached hydrogen (secondary N) is 2. The molecule has 1 aromatic carbocycles. The topological polar surface area (TPSA) is 124 Å². The van der Waals surface area contributed by atoms with Gasteiger partial charge in [0.15, 0.2) is 5.65 Å². The molecule has 1 aliphatic rings. The first-order valence-corrected chi connectivity index (χ1v) is 10.5. The molecule has 0 radical (unpaired) electrons. The first kappa shape index (κ1) is 22.3. The van der Waals surface area contributed by atoms with E-state index in [0.29, 0.717) is 22.1 Å². The minimum absolute atomic E-state index is 0.132. The lowest BCUT2D eigenvalue weighted by Crippen LogP contribution is -2.47. The number of amides is 2. The lowest BCUT2D eigenvalue weighted by molar-refractivity contribution is -0.139. The average molecular weight is 470 g/mol. The normalized spacial score (nSPS) is 15.7. The molecule has 0 saturated heterocycles. The van der Waals surface area contributed by atoms with Crippen LogP contribution in [0, 0.1) is 6.92 Å². The summed E-state index contributed by atoms with van der Waals surface area (Å²) in [6, 6.07) is 8.53. The summed E-state index contributed by atoms with van der Waals surface area (Å²) in [6.45, 7) is 3.22. The highest BCUT2D eigenvalue weighted by Crippen LogP contribution is 2.29. The molecule has 3 heterocycles. The molecule has 3 aromatic rings. The fraction of sp³-hybridized carbons (Fsp3) is 0.227. The van der Waals surface area contributed by atoms with Crippen molar-refractivity contribution in [1.29, 1.82) is 0 Å². The molecule has 0 spiro atoms. The summed E-state index contributed by atoms with van der Waals surface area (Å²) in [5, 5.41) is 13.7. The Morgan fingerprint density at radius 2 is 1.85 bits per heavy atom. The highest BCUT2D eigenvalue weighted by Gasteiger charge is 2.34. The third-order valence-corrected chi connectivity index (χ3v) is 5.26. The molecule has 1 atom stereocenters. The molecule has 4 rings (SSSR count). The highest BCUT2D eigenvalue weighted by molar-refractivity contribution is 6.30. The second-order valence-corrected chi connectivity index (χ2v) is 7.60. The standard InChI is InChI=1S/C22H20ClN5O5/c1-3-32-21(30)18-16(24-22(31)25-19(18)13-4-7-15(23)8-5-13)11-33-20(29)14-6-9-17-27-26-12(2)28(17)10-14/h4-10,19H,3,11H2,1-2H3,(H2,24,25,31). The van der Waals surface area contributed by atoms with Crippen LogP contribution in [0.5, 0.6) is 0 Å². The molecule has 170 valence electrons. The Morgan fingerprint density at radius 3 is 2.58 bits per heavy atom. The second-order valence-electron chi connectivity index (χ2n) is 7.17. The van der Waals surface area contributed by atoms with Crippen molar-refractivity contribution < 1.29 is 23.9 Å². The van der Waals surface area contributed by atoms with Crippen molar-refractivity contribution in [2.24, 2.45) is 0 Å². The minimum Gasteiger partial charge on any atom is -0.463 e. The Balaban J connectivity index is 1.63. The maximum Gasteiger partial charge on any atom is 0.340 e. The fourth-order valence-corrected chi connectivity index (χ4v) is 3.56. The van der Waals surface area contributed by atoms with Crippen LogP contribution in [0.15, 0.2) is 53.9 Å². The average Bonchev–Trinajstić information content (AvgIpc) is 3.17. The number of hydrogen-bond acceptors (Lipinski definition) is 7. The van der Waals surface area contributed by atoms with Crippen LogP contribution < -0.4 is 10.6 Å². The molecule has 11 heteroatoms. The molecule has 0 saturated carbocycles. The molecule has 2 aromatic heterocycles. The number of ether oxygens (including phenoxy) is 2. The van der Waals surface area contributed by atoms with Crippen LogP contribution in [0.2, 0.25) is 5.02 Å². The highest BCUT2D eigenvalue weighted by atomic mass is 35.5. The van der Waals surface area contributed by atoms with E-state index >= 15 is 0 Å². The number of hydrogen-bond donors (Lipinski definition) is 2. The monoisotopic (exact) mass is 469 g/mol. The number of halogens is 1. The van der Waals surface area contributed by atoms with Gasteiger partial charge in [-0.05, 0) is 43.7 Å². The van der Waals surface area contributed by atoms with Gasteiger partial charge in [0.25, 0.3) is 0 Å². The van der Waals surface area contributed by atoms with Crippen molar-refractivity contribution in [3.8, 4) is 0 Å². The molecule has 2 amide bonds. The first-order valence-electron chi connectivity index (χ1n) is 10.1. The Labute approximate surface area is 193 Å². The smallest absolute Gasteiger partial charge is 0.340 e. The molecule has 33 heavy (non-hydrogen) atoms. The minimum atomic E-state index is -0.806. The number of esters is 2. The van der Waals surface area contributed by atoms with Crippen molar-refractivity contribution in [3.05, 3.63) is 75.8 Å². The third kappa shape index (κ3) is 4.65. The Hall–Kier alpha value is -3.92. The molecule has 0 bridgehead atoms. The van der Waals surface area contributed by atoms with E-state index in [-0.39, 0.29) is 30.0 Å². The summed E-state index contributed by atoms with van der Waals surface area (Å²) >= 11 is 5.97. The van der Waals surface area contributed by atoms with E-state index < -0.39 is 24.0 Å². The van der Waals surface area contributed by atoms with Crippen molar-refractivity contribution in [1.82, 2.24) is 25.2 Å². The largest absolute Gasteiger partial charge is 0.463 e. The fourth-order valence-electron chi connectivity index (χ4n) is 3.43. The number of fused-ring (bicyclic) bond motifs is 1. The summed E-state index contributed by atoms with van der Waals surface area (Å²) in [5.41, 5.74) is 1.74. The van der Waals surface area contributed by atoms with Crippen LogP contribution >= 0.6 is 11.6 Å². The Kier molecular flexibility index (Phi) is 6.27. The van der Waals surface area contributed by atoms with E-state index in [9.17, 15) is 14.4 Å². The number of rotatable bonds is 6. The number of benzene rings is 1. The summed E-state index contributed by atoms with van der Waals surface area (Å²) in [5.74, 6) is -0.669. The van der Waals surface area contributed by atoms with E-state index in [1.807, 2.05) is 0 Å². The lowest BCUT2D eigenvalue weighted by Gasteiger charge is -2.29. The van der Waals surface area contributed by atoms with E-state index in [4.69, 9.17) is 21.1 Å². The van der Waals surface area contributed by atoms with Crippen molar-refractivity contribution in [3.63, 3.8) is 0 Å². The van der Waals surface area contributed by atoms with E-state index in [0.717, 1.165) is 0 Å². The zero-order valence-corrected chi connectivity index (χ0v) is 18.5. The van der Waals surface area contributed by atoms with Gasteiger partial charge in [-0.25, -0.2) is 14.4 Å². The van der Waals surface area contributed by atoms with Crippen LogP contribution in [-0.4, -0.2) is 45.8 Å². The van der Waals surface area contributed by atoms with Gasteiger partial charge in [0.05, 0.1) is 29.5 Å². The number of urea groups is 1.